The fourth-order valence-corrected chi connectivity index (χ4v) is 3.62. The highest BCUT2D eigenvalue weighted by atomic mass is 32.2. The Bertz CT molecular complexity index is 268. The standard InChI is InChI=1S/C10H15NOS2/c12-10(4-2-1-3-5-10)8-14-9-11-6-7-13-9/h6-7,12H,1-5,8H2. The summed E-state index contributed by atoms with van der Waals surface area (Å²) >= 11 is 3.34. The molecule has 78 valence electrons. The van der Waals surface area contributed by atoms with E-state index in [9.17, 15) is 5.11 Å². The van der Waals surface area contributed by atoms with Crippen molar-refractivity contribution in [1.82, 2.24) is 4.98 Å². The lowest BCUT2D eigenvalue weighted by atomic mass is 9.86. The summed E-state index contributed by atoms with van der Waals surface area (Å²) in [6.07, 6.45) is 7.38. The predicted molar refractivity (Wildman–Crippen MR) is 60.9 cm³/mol. The van der Waals surface area contributed by atoms with Gasteiger partial charge < -0.3 is 5.11 Å². The smallest absolute Gasteiger partial charge is 0.149 e. The molecular formula is C10H15NOS2. The first-order valence-corrected chi connectivity index (χ1v) is 6.90. The van der Waals surface area contributed by atoms with Gasteiger partial charge >= 0.3 is 0 Å². The van der Waals surface area contributed by atoms with Crippen molar-refractivity contribution in [1.29, 1.82) is 0 Å². The molecule has 0 aromatic carbocycles. The van der Waals surface area contributed by atoms with Crippen molar-refractivity contribution in [3.05, 3.63) is 11.6 Å². The molecule has 1 aliphatic rings. The second-order valence-electron chi connectivity index (χ2n) is 3.87. The van der Waals surface area contributed by atoms with Gasteiger partial charge in [0, 0.05) is 17.3 Å². The molecule has 0 radical (unpaired) electrons. The molecule has 14 heavy (non-hydrogen) atoms. The molecule has 2 nitrogen and oxygen atoms in total. The Balaban J connectivity index is 1.84. The summed E-state index contributed by atoms with van der Waals surface area (Å²) in [7, 11) is 0. The maximum absolute atomic E-state index is 10.2. The Kier molecular flexibility index (Phi) is 3.47. The summed E-state index contributed by atoms with van der Waals surface area (Å²) in [5, 5.41) is 12.2. The molecule has 0 aliphatic heterocycles. The van der Waals surface area contributed by atoms with E-state index in [4.69, 9.17) is 0 Å². The highest BCUT2D eigenvalue weighted by Gasteiger charge is 2.29. The minimum atomic E-state index is -0.422. The van der Waals surface area contributed by atoms with Gasteiger partial charge in [0.05, 0.1) is 5.60 Å². The van der Waals surface area contributed by atoms with Crippen molar-refractivity contribution < 1.29 is 5.11 Å². The first-order valence-electron chi connectivity index (χ1n) is 5.03. The van der Waals surface area contributed by atoms with Crippen LogP contribution in [0.3, 0.4) is 0 Å². The number of rotatable bonds is 3. The minimum Gasteiger partial charge on any atom is -0.389 e. The quantitative estimate of drug-likeness (QED) is 0.809. The zero-order valence-corrected chi connectivity index (χ0v) is 9.74. The Morgan fingerprint density at radius 1 is 1.43 bits per heavy atom. The van der Waals surface area contributed by atoms with E-state index in [-0.39, 0.29) is 0 Å². The number of hydrogen-bond donors (Lipinski definition) is 1. The molecule has 2 rings (SSSR count). The van der Waals surface area contributed by atoms with Crippen molar-refractivity contribution >= 4 is 23.1 Å². The third kappa shape index (κ3) is 2.72. The SMILES string of the molecule is OC1(CSc2nccs2)CCCCC1. The largest absolute Gasteiger partial charge is 0.389 e. The fraction of sp³-hybridized carbons (Fsp3) is 0.700. The lowest BCUT2D eigenvalue weighted by Gasteiger charge is -2.31. The lowest BCUT2D eigenvalue weighted by Crippen LogP contribution is -2.33. The summed E-state index contributed by atoms with van der Waals surface area (Å²) in [6, 6.07) is 0. The van der Waals surface area contributed by atoms with E-state index in [1.165, 1.54) is 19.3 Å². The summed E-state index contributed by atoms with van der Waals surface area (Å²) in [6.45, 7) is 0. The summed E-state index contributed by atoms with van der Waals surface area (Å²) in [5.74, 6) is 0.806. The van der Waals surface area contributed by atoms with Crippen LogP contribution in [0.2, 0.25) is 0 Å². The second-order valence-corrected chi connectivity index (χ2v) is 5.99. The summed E-state index contributed by atoms with van der Waals surface area (Å²) in [5.41, 5.74) is -0.422. The molecule has 1 saturated carbocycles. The van der Waals surface area contributed by atoms with Crippen molar-refractivity contribution in [2.45, 2.75) is 42.0 Å². The Labute approximate surface area is 92.8 Å². The number of aliphatic hydroxyl groups is 1. The van der Waals surface area contributed by atoms with E-state index in [1.54, 1.807) is 23.1 Å². The number of thioether (sulfide) groups is 1. The Hall–Kier alpha value is -0.0600. The fourth-order valence-electron chi connectivity index (χ4n) is 1.83. The first kappa shape index (κ1) is 10.5. The lowest BCUT2D eigenvalue weighted by molar-refractivity contribution is 0.0273. The summed E-state index contributed by atoms with van der Waals surface area (Å²) < 4.78 is 1.07. The van der Waals surface area contributed by atoms with Crippen LogP contribution in [0.5, 0.6) is 0 Å². The monoisotopic (exact) mass is 229 g/mol. The van der Waals surface area contributed by atoms with Crippen molar-refractivity contribution in [3.8, 4) is 0 Å². The van der Waals surface area contributed by atoms with Crippen molar-refractivity contribution in [2.75, 3.05) is 5.75 Å². The average Bonchev–Trinajstić information content (AvgIpc) is 2.69. The molecule has 4 heteroatoms. The van der Waals surface area contributed by atoms with Crippen LogP contribution in [0.15, 0.2) is 15.9 Å². The van der Waals surface area contributed by atoms with Crippen molar-refractivity contribution in [2.24, 2.45) is 0 Å². The topological polar surface area (TPSA) is 33.1 Å². The molecule has 0 bridgehead atoms. The molecule has 1 aliphatic carbocycles. The van der Waals surface area contributed by atoms with Gasteiger partial charge in [-0.1, -0.05) is 31.0 Å². The van der Waals surface area contributed by atoms with Crippen molar-refractivity contribution in [3.63, 3.8) is 0 Å². The number of aromatic nitrogens is 1. The van der Waals surface area contributed by atoms with Crippen LogP contribution in [0.4, 0.5) is 0 Å². The summed E-state index contributed by atoms with van der Waals surface area (Å²) in [4.78, 5) is 4.20. The van der Waals surface area contributed by atoms with E-state index in [0.29, 0.717) is 0 Å². The number of nitrogens with zero attached hydrogens (tertiary/aromatic N) is 1. The third-order valence-corrected chi connectivity index (χ3v) is 4.90. The van der Waals surface area contributed by atoms with Gasteiger partial charge in [-0.25, -0.2) is 4.98 Å². The maximum atomic E-state index is 10.2. The Morgan fingerprint density at radius 3 is 2.86 bits per heavy atom. The van der Waals surface area contributed by atoms with Gasteiger partial charge in [-0.3, -0.25) is 0 Å². The minimum absolute atomic E-state index is 0.422. The van der Waals surface area contributed by atoms with Crippen LogP contribution < -0.4 is 0 Å². The van der Waals surface area contributed by atoms with Crippen LogP contribution in [0.25, 0.3) is 0 Å². The zero-order valence-electron chi connectivity index (χ0n) is 8.11. The molecule has 0 saturated heterocycles. The van der Waals surface area contributed by atoms with Crippen LogP contribution >= 0.6 is 23.1 Å². The van der Waals surface area contributed by atoms with Crippen LogP contribution in [0, 0.1) is 0 Å². The second kappa shape index (κ2) is 4.64. The van der Waals surface area contributed by atoms with Crippen LogP contribution in [0.1, 0.15) is 32.1 Å². The first-order chi connectivity index (χ1) is 6.79. The third-order valence-electron chi connectivity index (χ3n) is 2.66. The molecule has 0 amide bonds. The molecule has 0 unspecified atom stereocenters. The van der Waals surface area contributed by atoms with Crippen LogP contribution in [-0.2, 0) is 0 Å². The molecule has 0 atom stereocenters. The van der Waals surface area contributed by atoms with E-state index >= 15 is 0 Å². The molecule has 1 N–H and O–H groups in total. The van der Waals surface area contributed by atoms with Crippen LogP contribution in [-0.4, -0.2) is 21.4 Å². The molecular weight excluding hydrogens is 214 g/mol. The number of hydrogen-bond acceptors (Lipinski definition) is 4. The van der Waals surface area contributed by atoms with Gasteiger partial charge in [-0.15, -0.1) is 11.3 Å². The zero-order chi connectivity index (χ0) is 9.86. The molecule has 1 fully saturated rings. The van der Waals surface area contributed by atoms with E-state index in [1.807, 2.05) is 11.6 Å². The van der Waals surface area contributed by atoms with Gasteiger partial charge in [0.15, 0.2) is 0 Å². The number of thiazole rings is 1. The molecule has 1 aromatic heterocycles. The molecule has 1 heterocycles. The van der Waals surface area contributed by atoms with Gasteiger partial charge in [-0.2, -0.15) is 0 Å². The predicted octanol–water partition coefficient (Wildman–Crippen LogP) is 2.93. The van der Waals surface area contributed by atoms with E-state index in [2.05, 4.69) is 4.98 Å². The average molecular weight is 229 g/mol. The van der Waals surface area contributed by atoms with Gasteiger partial charge in [-0.05, 0) is 12.8 Å². The van der Waals surface area contributed by atoms with E-state index in [0.717, 1.165) is 22.9 Å². The molecule has 1 aromatic rings. The Morgan fingerprint density at radius 2 is 2.21 bits per heavy atom. The van der Waals surface area contributed by atoms with E-state index < -0.39 is 5.60 Å². The van der Waals surface area contributed by atoms with Gasteiger partial charge in [0.1, 0.15) is 4.34 Å². The van der Waals surface area contributed by atoms with Gasteiger partial charge in [0.25, 0.3) is 0 Å². The maximum Gasteiger partial charge on any atom is 0.149 e. The normalized spacial score (nSPS) is 20.9. The molecule has 0 spiro atoms. The van der Waals surface area contributed by atoms with Gasteiger partial charge in [0.2, 0.25) is 0 Å². The highest BCUT2D eigenvalue weighted by molar-refractivity contribution is 8.01. The highest BCUT2D eigenvalue weighted by Crippen LogP contribution is 2.33.